The predicted octanol–water partition coefficient (Wildman–Crippen LogP) is 0.575. The number of ether oxygens (including phenoxy) is 4. The number of hydrogen-bond donors (Lipinski definition) is 0. The smallest absolute Gasteiger partial charge is 0.187 e. The van der Waals surface area contributed by atoms with Crippen molar-refractivity contribution in [3.63, 3.8) is 0 Å². The van der Waals surface area contributed by atoms with Crippen molar-refractivity contribution in [2.45, 2.75) is 18.5 Å². The summed E-state index contributed by atoms with van der Waals surface area (Å²) in [5.41, 5.74) is 0. The summed E-state index contributed by atoms with van der Waals surface area (Å²) < 4.78 is 20.8. The summed E-state index contributed by atoms with van der Waals surface area (Å²) in [4.78, 5) is 0. The molecular weight excluding hydrogens is 172 g/mol. The molecule has 0 aliphatic carbocycles. The van der Waals surface area contributed by atoms with E-state index >= 15 is 0 Å². The minimum Gasteiger partial charge on any atom is -0.382 e. The molecular formula is C9H16O4. The van der Waals surface area contributed by atoms with Gasteiger partial charge in [0, 0.05) is 21.3 Å². The molecule has 0 bridgehead atoms. The van der Waals surface area contributed by atoms with E-state index in [1.165, 1.54) is 0 Å². The molecule has 0 N–H and O–H groups in total. The fourth-order valence-corrected chi connectivity index (χ4v) is 1.26. The van der Waals surface area contributed by atoms with Crippen LogP contribution in [0.2, 0.25) is 0 Å². The van der Waals surface area contributed by atoms with Gasteiger partial charge in [0.1, 0.15) is 12.2 Å². The summed E-state index contributed by atoms with van der Waals surface area (Å²) in [5.74, 6) is 0. The maximum atomic E-state index is 5.52. The molecule has 13 heavy (non-hydrogen) atoms. The van der Waals surface area contributed by atoms with Crippen molar-refractivity contribution in [2.75, 3.05) is 27.9 Å². The van der Waals surface area contributed by atoms with Crippen molar-refractivity contribution in [1.29, 1.82) is 0 Å². The Kier molecular flexibility index (Phi) is 4.38. The largest absolute Gasteiger partial charge is 0.382 e. The number of methoxy groups -OCH3 is 3. The highest BCUT2D eigenvalue weighted by molar-refractivity contribution is 5.00. The van der Waals surface area contributed by atoms with Gasteiger partial charge in [-0.2, -0.15) is 0 Å². The van der Waals surface area contributed by atoms with Crippen LogP contribution in [0.3, 0.4) is 0 Å². The number of rotatable bonds is 4. The Balaban J connectivity index is 2.51. The molecule has 0 fully saturated rings. The molecule has 0 saturated carbocycles. The van der Waals surface area contributed by atoms with Gasteiger partial charge in [0.05, 0.1) is 6.61 Å². The summed E-state index contributed by atoms with van der Waals surface area (Å²) in [6.45, 7) is 0.535. The highest BCUT2D eigenvalue weighted by Gasteiger charge is 2.26. The zero-order chi connectivity index (χ0) is 9.68. The first-order chi connectivity index (χ1) is 6.31. The molecule has 0 radical (unpaired) electrons. The Hall–Kier alpha value is -0.420. The molecule has 4 heteroatoms. The van der Waals surface area contributed by atoms with Crippen molar-refractivity contribution in [2.24, 2.45) is 0 Å². The molecule has 76 valence electrons. The van der Waals surface area contributed by atoms with Crippen LogP contribution in [0.25, 0.3) is 0 Å². The van der Waals surface area contributed by atoms with Crippen molar-refractivity contribution in [1.82, 2.24) is 0 Å². The minimum absolute atomic E-state index is 0.0404. The quantitative estimate of drug-likeness (QED) is 0.605. The van der Waals surface area contributed by atoms with Gasteiger partial charge in [-0.15, -0.1) is 0 Å². The molecule has 1 rings (SSSR count). The van der Waals surface area contributed by atoms with E-state index < -0.39 is 0 Å². The first-order valence-corrected chi connectivity index (χ1v) is 4.20. The lowest BCUT2D eigenvalue weighted by atomic mass is 10.2. The van der Waals surface area contributed by atoms with Crippen molar-refractivity contribution < 1.29 is 18.9 Å². The van der Waals surface area contributed by atoms with Crippen LogP contribution in [0, 0.1) is 0 Å². The van der Waals surface area contributed by atoms with Gasteiger partial charge in [-0.3, -0.25) is 0 Å². The summed E-state index contributed by atoms with van der Waals surface area (Å²) in [7, 11) is 4.86. The molecule has 0 aromatic heterocycles. The normalized spacial score (nSPS) is 33.6. The van der Waals surface area contributed by atoms with Gasteiger partial charge in [-0.05, 0) is 0 Å². The van der Waals surface area contributed by atoms with Gasteiger partial charge in [0.25, 0.3) is 0 Å². The van der Waals surface area contributed by atoms with Gasteiger partial charge in [-0.25, -0.2) is 0 Å². The lowest BCUT2D eigenvalue weighted by Gasteiger charge is -2.29. The fourth-order valence-electron chi connectivity index (χ4n) is 1.26. The Morgan fingerprint density at radius 1 is 1.15 bits per heavy atom. The van der Waals surface area contributed by atoms with E-state index in [1.807, 2.05) is 12.2 Å². The van der Waals surface area contributed by atoms with Gasteiger partial charge in [0.15, 0.2) is 6.29 Å². The monoisotopic (exact) mass is 188 g/mol. The zero-order valence-corrected chi connectivity index (χ0v) is 8.23. The average Bonchev–Trinajstić information content (AvgIpc) is 2.18. The molecule has 1 aliphatic heterocycles. The summed E-state index contributed by atoms with van der Waals surface area (Å²) in [5, 5.41) is 0. The molecule has 1 heterocycles. The second-order valence-electron chi connectivity index (χ2n) is 2.82. The van der Waals surface area contributed by atoms with E-state index in [0.29, 0.717) is 6.61 Å². The van der Waals surface area contributed by atoms with Gasteiger partial charge < -0.3 is 18.9 Å². The van der Waals surface area contributed by atoms with Crippen LogP contribution >= 0.6 is 0 Å². The highest BCUT2D eigenvalue weighted by atomic mass is 16.7. The molecule has 0 unspecified atom stereocenters. The zero-order valence-electron chi connectivity index (χ0n) is 8.23. The molecule has 0 aromatic carbocycles. The average molecular weight is 188 g/mol. The number of hydrogen-bond acceptors (Lipinski definition) is 4. The Morgan fingerprint density at radius 2 is 1.92 bits per heavy atom. The molecule has 1 aliphatic rings. The minimum atomic E-state index is -0.338. The second-order valence-corrected chi connectivity index (χ2v) is 2.82. The van der Waals surface area contributed by atoms with Gasteiger partial charge in [-0.1, -0.05) is 12.2 Å². The lowest BCUT2D eigenvalue weighted by Crippen LogP contribution is -2.39. The van der Waals surface area contributed by atoms with E-state index in [9.17, 15) is 0 Å². The molecule has 4 nitrogen and oxygen atoms in total. The predicted molar refractivity (Wildman–Crippen MR) is 47.5 cm³/mol. The molecule has 3 atom stereocenters. The van der Waals surface area contributed by atoms with Gasteiger partial charge >= 0.3 is 0 Å². The molecule has 0 amide bonds. The first kappa shape index (κ1) is 10.7. The van der Waals surface area contributed by atoms with E-state index in [2.05, 4.69) is 0 Å². The van der Waals surface area contributed by atoms with E-state index in [-0.39, 0.29) is 18.5 Å². The Bertz CT molecular complexity index is 169. The molecule has 0 aromatic rings. The lowest BCUT2D eigenvalue weighted by molar-refractivity contribution is -0.203. The van der Waals surface area contributed by atoms with Crippen molar-refractivity contribution in [3.05, 3.63) is 12.2 Å². The van der Waals surface area contributed by atoms with Crippen LogP contribution in [-0.4, -0.2) is 46.4 Å². The SMILES string of the molecule is COC[C@@H]1C=C[C@@H](OC)[C@@H](OC)O1. The van der Waals surface area contributed by atoms with Crippen LogP contribution < -0.4 is 0 Å². The summed E-state index contributed by atoms with van der Waals surface area (Å²) in [6.07, 6.45) is 3.35. The Morgan fingerprint density at radius 3 is 2.46 bits per heavy atom. The van der Waals surface area contributed by atoms with Gasteiger partial charge in [0.2, 0.25) is 0 Å². The van der Waals surface area contributed by atoms with E-state index in [0.717, 1.165) is 0 Å². The topological polar surface area (TPSA) is 36.9 Å². The third-order valence-electron chi connectivity index (χ3n) is 1.93. The standard InChI is InChI=1S/C9H16O4/c1-10-6-7-4-5-8(11-2)9(12-3)13-7/h4-5,7-9H,6H2,1-3H3/t7-,8+,9-/m0/s1. The van der Waals surface area contributed by atoms with Crippen LogP contribution in [0.15, 0.2) is 12.2 Å². The van der Waals surface area contributed by atoms with Crippen LogP contribution in [0.5, 0.6) is 0 Å². The summed E-state index contributed by atoms with van der Waals surface area (Å²) in [6, 6.07) is 0. The highest BCUT2D eigenvalue weighted by Crippen LogP contribution is 2.15. The first-order valence-electron chi connectivity index (χ1n) is 4.20. The van der Waals surface area contributed by atoms with Crippen LogP contribution in [-0.2, 0) is 18.9 Å². The second kappa shape index (κ2) is 5.34. The summed E-state index contributed by atoms with van der Waals surface area (Å²) >= 11 is 0. The fraction of sp³-hybridized carbons (Fsp3) is 0.778. The molecule has 0 saturated heterocycles. The third kappa shape index (κ3) is 2.77. The maximum Gasteiger partial charge on any atom is 0.187 e. The van der Waals surface area contributed by atoms with E-state index in [4.69, 9.17) is 18.9 Å². The van der Waals surface area contributed by atoms with Crippen molar-refractivity contribution in [3.8, 4) is 0 Å². The van der Waals surface area contributed by atoms with E-state index in [1.54, 1.807) is 21.3 Å². The molecule has 0 spiro atoms. The van der Waals surface area contributed by atoms with Crippen molar-refractivity contribution >= 4 is 0 Å². The van der Waals surface area contributed by atoms with Crippen LogP contribution in [0.4, 0.5) is 0 Å². The van der Waals surface area contributed by atoms with Crippen LogP contribution in [0.1, 0.15) is 0 Å². The maximum absolute atomic E-state index is 5.52. The third-order valence-corrected chi connectivity index (χ3v) is 1.93. The Labute approximate surface area is 78.4 Å².